The third-order valence-corrected chi connectivity index (χ3v) is 7.18. The number of rotatable bonds is 11. The van der Waals surface area contributed by atoms with Gasteiger partial charge in [0.25, 0.3) is 5.82 Å². The monoisotopic (exact) mass is 600 g/mol. The van der Waals surface area contributed by atoms with Crippen molar-refractivity contribution in [3.8, 4) is 34.8 Å². The minimum Gasteiger partial charge on any atom is -0.495 e. The van der Waals surface area contributed by atoms with Crippen LogP contribution in [-0.4, -0.2) is 53.5 Å². The van der Waals surface area contributed by atoms with Gasteiger partial charge in [-0.25, -0.2) is 13.8 Å². The van der Waals surface area contributed by atoms with Crippen LogP contribution in [0.3, 0.4) is 0 Å². The fourth-order valence-corrected chi connectivity index (χ4v) is 5.01. The van der Waals surface area contributed by atoms with Gasteiger partial charge in [0.2, 0.25) is 11.5 Å². The second-order valence-electron chi connectivity index (χ2n) is 9.59. The number of ketones is 1. The Morgan fingerprint density at radius 1 is 1.05 bits per heavy atom. The third-order valence-electron chi connectivity index (χ3n) is 7.18. The molecular formula is C31H30N5O8+. The number of carbonyl (C=O) groups is 1. The zero-order chi connectivity index (χ0) is 31.5. The maximum Gasteiger partial charge on any atom is 0.433 e. The van der Waals surface area contributed by atoms with Crippen molar-refractivity contribution < 1.29 is 37.6 Å². The number of carbonyl (C=O) groups excluding carboxylic acids is 1. The molecule has 5 rings (SSSR count). The van der Waals surface area contributed by atoms with Crippen molar-refractivity contribution in [1.29, 1.82) is 0 Å². The van der Waals surface area contributed by atoms with Crippen molar-refractivity contribution in [1.82, 2.24) is 14.3 Å². The van der Waals surface area contributed by atoms with Gasteiger partial charge in [0, 0.05) is 17.9 Å². The summed E-state index contributed by atoms with van der Waals surface area (Å²) in [5.74, 6) is 8.23. The standard InChI is InChI=1S/C31H30N5O8/c1-7-8-22-24(40-3)11-10-23-28(30(37)20-15-25(41-4)31(43-6)26(16-20)42-5)32-35(29(22)23)18-34-14-13-33(19(34)2)17-21-9-12-27(44-21)36(38)39/h9-16H,17-18H2,1-6H3/q+1. The van der Waals surface area contributed by atoms with Gasteiger partial charge in [-0.15, -0.1) is 5.92 Å². The van der Waals surface area contributed by atoms with E-state index in [-0.39, 0.29) is 30.6 Å². The lowest BCUT2D eigenvalue weighted by Crippen LogP contribution is -2.39. The minimum absolute atomic E-state index is 0.205. The number of ether oxygens (including phenoxy) is 4. The predicted molar refractivity (Wildman–Crippen MR) is 158 cm³/mol. The molecule has 0 radical (unpaired) electrons. The molecular weight excluding hydrogens is 570 g/mol. The maximum atomic E-state index is 14.0. The Balaban J connectivity index is 1.61. The zero-order valence-electron chi connectivity index (χ0n) is 25.0. The van der Waals surface area contributed by atoms with Gasteiger partial charge in [0.1, 0.15) is 35.3 Å². The maximum absolute atomic E-state index is 14.0. The van der Waals surface area contributed by atoms with E-state index >= 15 is 0 Å². The molecule has 0 fully saturated rings. The van der Waals surface area contributed by atoms with Gasteiger partial charge >= 0.3 is 5.88 Å². The van der Waals surface area contributed by atoms with Crippen molar-refractivity contribution >= 4 is 22.6 Å². The number of hydrogen-bond donors (Lipinski definition) is 0. The van der Waals surface area contributed by atoms with E-state index in [0.717, 1.165) is 5.82 Å². The third kappa shape index (κ3) is 5.29. The highest BCUT2D eigenvalue weighted by atomic mass is 16.6. The van der Waals surface area contributed by atoms with Crippen molar-refractivity contribution in [2.24, 2.45) is 0 Å². The molecule has 0 atom stereocenters. The summed E-state index contributed by atoms with van der Waals surface area (Å²) < 4.78 is 32.8. The van der Waals surface area contributed by atoms with Crippen LogP contribution in [0.1, 0.15) is 40.1 Å². The lowest BCUT2D eigenvalue weighted by Gasteiger charge is -2.13. The molecule has 2 aromatic carbocycles. The number of fused-ring (bicyclic) bond motifs is 1. The number of benzene rings is 2. The SMILES string of the molecule is CC#Cc1c(OC)ccc2c(C(=O)c3cc(OC)c(OC)c(OC)c3)nn(C[n+]3ccn(Cc4ccc([N+](=O)[O-])o4)c3C)c12. The van der Waals surface area contributed by atoms with E-state index in [2.05, 4.69) is 11.8 Å². The molecule has 0 spiro atoms. The van der Waals surface area contributed by atoms with Crippen LogP contribution in [0.25, 0.3) is 10.9 Å². The van der Waals surface area contributed by atoms with Crippen LogP contribution in [0, 0.1) is 28.9 Å². The predicted octanol–water partition coefficient (Wildman–Crippen LogP) is 4.13. The Labute approximate surface area is 252 Å². The molecule has 5 aromatic rings. The van der Waals surface area contributed by atoms with Gasteiger partial charge in [-0.2, -0.15) is 5.10 Å². The summed E-state index contributed by atoms with van der Waals surface area (Å²) in [5, 5.41) is 16.4. The van der Waals surface area contributed by atoms with Crippen molar-refractivity contribution in [3.63, 3.8) is 0 Å². The molecule has 13 heteroatoms. The molecule has 0 aliphatic rings. The van der Waals surface area contributed by atoms with Crippen LogP contribution in [-0.2, 0) is 13.2 Å². The first-order chi connectivity index (χ1) is 21.2. The Bertz CT molecular complexity index is 1930. The molecule has 13 nitrogen and oxygen atoms in total. The van der Waals surface area contributed by atoms with Crippen LogP contribution < -0.4 is 23.5 Å². The minimum atomic E-state index is -0.572. The Hall–Kier alpha value is -5.77. The number of methoxy groups -OCH3 is 4. The number of aromatic nitrogens is 4. The van der Waals surface area contributed by atoms with Gasteiger partial charge in [0.05, 0.1) is 45.6 Å². The topological polar surface area (TPSA) is 137 Å². The van der Waals surface area contributed by atoms with Gasteiger partial charge < -0.3 is 23.4 Å². The van der Waals surface area contributed by atoms with Crippen LogP contribution in [0.4, 0.5) is 5.88 Å². The number of nitro groups is 1. The Morgan fingerprint density at radius 2 is 1.75 bits per heavy atom. The van der Waals surface area contributed by atoms with Crippen LogP contribution in [0.5, 0.6) is 23.0 Å². The number of furan rings is 1. The first kappa shape index (κ1) is 29.7. The Morgan fingerprint density at radius 3 is 2.34 bits per heavy atom. The van der Waals surface area contributed by atoms with E-state index in [4.69, 9.17) is 28.5 Å². The van der Waals surface area contributed by atoms with Crippen molar-refractivity contribution in [2.75, 3.05) is 28.4 Å². The molecule has 3 heterocycles. The smallest absolute Gasteiger partial charge is 0.433 e. The van der Waals surface area contributed by atoms with E-state index in [9.17, 15) is 14.9 Å². The van der Waals surface area contributed by atoms with Gasteiger partial charge in [-0.05, 0) is 37.3 Å². The largest absolute Gasteiger partial charge is 0.495 e. The summed E-state index contributed by atoms with van der Waals surface area (Å²) in [6.07, 6.45) is 3.69. The molecule has 0 saturated carbocycles. The van der Waals surface area contributed by atoms with Crippen LogP contribution in [0.15, 0.2) is 53.2 Å². The summed E-state index contributed by atoms with van der Waals surface area (Å²) in [6, 6.07) is 9.62. The lowest BCUT2D eigenvalue weighted by molar-refractivity contribution is -0.707. The summed E-state index contributed by atoms with van der Waals surface area (Å²) in [6.45, 7) is 4.14. The number of nitrogens with zero attached hydrogens (tertiary/aromatic N) is 5. The van der Waals surface area contributed by atoms with E-state index in [0.29, 0.717) is 50.8 Å². The second-order valence-corrected chi connectivity index (χ2v) is 9.59. The summed E-state index contributed by atoms with van der Waals surface area (Å²) in [5.41, 5.74) is 1.71. The first-order valence-corrected chi connectivity index (χ1v) is 13.4. The zero-order valence-corrected chi connectivity index (χ0v) is 25.0. The van der Waals surface area contributed by atoms with Gasteiger partial charge in [-0.3, -0.25) is 14.9 Å². The van der Waals surface area contributed by atoms with Crippen LogP contribution in [0.2, 0.25) is 0 Å². The highest BCUT2D eigenvalue weighted by molar-refractivity contribution is 6.16. The molecule has 0 saturated heterocycles. The summed E-state index contributed by atoms with van der Waals surface area (Å²) in [4.78, 5) is 24.5. The highest BCUT2D eigenvalue weighted by Crippen LogP contribution is 2.39. The molecule has 0 aliphatic carbocycles. The average molecular weight is 601 g/mol. The summed E-state index contributed by atoms with van der Waals surface area (Å²) >= 11 is 0. The van der Waals surface area contributed by atoms with E-state index in [1.165, 1.54) is 27.4 Å². The summed E-state index contributed by atoms with van der Waals surface area (Å²) in [7, 11) is 6.02. The highest BCUT2D eigenvalue weighted by Gasteiger charge is 2.26. The number of hydrogen-bond acceptors (Lipinski definition) is 9. The molecule has 3 aromatic heterocycles. The molecule has 0 unspecified atom stereocenters. The van der Waals surface area contributed by atoms with Gasteiger partial charge in [-0.1, -0.05) is 5.92 Å². The number of imidazole rings is 1. The molecule has 0 bridgehead atoms. The fraction of sp³-hybridized carbons (Fsp3) is 0.258. The fourth-order valence-electron chi connectivity index (χ4n) is 5.01. The molecule has 44 heavy (non-hydrogen) atoms. The average Bonchev–Trinajstić information content (AvgIpc) is 3.75. The lowest BCUT2D eigenvalue weighted by atomic mass is 10.0. The molecule has 0 aliphatic heterocycles. The molecule has 0 amide bonds. The quantitative estimate of drug-likeness (QED) is 0.0721. The molecule has 0 N–H and O–H groups in total. The second kappa shape index (κ2) is 12.2. The first-order valence-electron chi connectivity index (χ1n) is 13.4. The normalized spacial score (nSPS) is 10.8. The molecule has 226 valence electrons. The van der Waals surface area contributed by atoms with Crippen molar-refractivity contribution in [2.45, 2.75) is 27.1 Å². The van der Waals surface area contributed by atoms with E-state index in [1.807, 2.05) is 28.5 Å². The van der Waals surface area contributed by atoms with Gasteiger partial charge in [0.15, 0.2) is 23.9 Å². The van der Waals surface area contributed by atoms with Crippen molar-refractivity contribution in [3.05, 3.63) is 87.3 Å². The Kier molecular flexibility index (Phi) is 8.25. The van der Waals surface area contributed by atoms with Crippen LogP contribution >= 0.6 is 0 Å². The van der Waals surface area contributed by atoms with E-state index in [1.54, 1.807) is 49.0 Å². The van der Waals surface area contributed by atoms with E-state index < -0.39 is 4.92 Å².